The number of aromatic nitrogens is 2. The second-order valence-electron chi connectivity index (χ2n) is 3.00. The third kappa shape index (κ3) is 3.47. The minimum absolute atomic E-state index is 0.261. The molecular weight excluding hydrogens is 202 g/mol. The van der Waals surface area contributed by atoms with E-state index in [1.807, 2.05) is 6.92 Å². The first kappa shape index (κ1) is 11.2. The number of aliphatic hydroxyl groups is 1. The minimum atomic E-state index is -0.261. The molecule has 0 aliphatic rings. The van der Waals surface area contributed by atoms with Gasteiger partial charge in [0.1, 0.15) is 17.2 Å². The van der Waals surface area contributed by atoms with Gasteiger partial charge in [-0.05, 0) is 12.8 Å². The summed E-state index contributed by atoms with van der Waals surface area (Å²) in [5.41, 5.74) is 0. The van der Waals surface area contributed by atoms with Crippen LogP contribution in [-0.2, 0) is 0 Å². The van der Waals surface area contributed by atoms with Crippen molar-refractivity contribution in [2.45, 2.75) is 25.9 Å². The third-order valence-electron chi connectivity index (χ3n) is 1.91. The summed E-state index contributed by atoms with van der Waals surface area (Å²) in [6.07, 6.45) is 4.16. The predicted octanol–water partition coefficient (Wildman–Crippen LogP) is 1.70. The first-order valence-corrected chi connectivity index (χ1v) is 4.99. The van der Waals surface area contributed by atoms with Crippen molar-refractivity contribution in [3.63, 3.8) is 0 Å². The fourth-order valence-electron chi connectivity index (χ4n) is 1.00. The average Bonchev–Trinajstić information content (AvgIpc) is 2.20. The highest BCUT2D eigenvalue weighted by Crippen LogP contribution is 2.15. The quantitative estimate of drug-likeness (QED) is 0.785. The highest BCUT2D eigenvalue weighted by Gasteiger charge is 2.02. The molecule has 14 heavy (non-hydrogen) atoms. The second kappa shape index (κ2) is 5.78. The standard InChI is InChI=1S/C9H14ClN3O/c1-2-7(14)3-4-12-9-8(10)5-11-6-13-9/h5-7,14H,2-4H2,1H3,(H,11,12,13). The van der Waals surface area contributed by atoms with Gasteiger partial charge in [0.2, 0.25) is 0 Å². The zero-order valence-electron chi connectivity index (χ0n) is 8.07. The molecule has 0 fully saturated rings. The molecule has 1 rings (SSSR count). The van der Waals surface area contributed by atoms with Crippen LogP contribution in [0, 0.1) is 0 Å². The van der Waals surface area contributed by atoms with Crippen LogP contribution in [0.15, 0.2) is 12.5 Å². The Morgan fingerprint density at radius 3 is 3.07 bits per heavy atom. The Hall–Kier alpha value is -0.870. The Balaban J connectivity index is 2.35. The molecular formula is C9H14ClN3O. The average molecular weight is 216 g/mol. The van der Waals surface area contributed by atoms with Crippen molar-refractivity contribution in [1.82, 2.24) is 9.97 Å². The molecule has 1 unspecified atom stereocenters. The summed E-state index contributed by atoms with van der Waals surface area (Å²) in [6, 6.07) is 0. The number of anilines is 1. The lowest BCUT2D eigenvalue weighted by atomic mass is 10.2. The van der Waals surface area contributed by atoms with Crippen molar-refractivity contribution in [3.05, 3.63) is 17.5 Å². The van der Waals surface area contributed by atoms with E-state index >= 15 is 0 Å². The van der Waals surface area contributed by atoms with Crippen LogP contribution in [0.1, 0.15) is 19.8 Å². The lowest BCUT2D eigenvalue weighted by molar-refractivity contribution is 0.164. The van der Waals surface area contributed by atoms with Gasteiger partial charge in [-0.3, -0.25) is 0 Å². The SMILES string of the molecule is CCC(O)CCNc1ncncc1Cl. The van der Waals surface area contributed by atoms with Crippen LogP contribution in [0.25, 0.3) is 0 Å². The number of nitrogens with zero attached hydrogens (tertiary/aromatic N) is 2. The monoisotopic (exact) mass is 215 g/mol. The molecule has 0 spiro atoms. The molecule has 1 heterocycles. The topological polar surface area (TPSA) is 58.0 Å². The van der Waals surface area contributed by atoms with E-state index in [9.17, 15) is 5.11 Å². The van der Waals surface area contributed by atoms with E-state index in [1.165, 1.54) is 12.5 Å². The molecule has 1 aromatic rings. The van der Waals surface area contributed by atoms with Crippen LogP contribution in [0.2, 0.25) is 5.02 Å². The number of hydrogen-bond acceptors (Lipinski definition) is 4. The normalized spacial score (nSPS) is 12.5. The lowest BCUT2D eigenvalue weighted by Gasteiger charge is -2.09. The van der Waals surface area contributed by atoms with E-state index in [1.54, 1.807) is 0 Å². The fraction of sp³-hybridized carbons (Fsp3) is 0.556. The molecule has 0 saturated carbocycles. The maximum Gasteiger partial charge on any atom is 0.148 e. The molecule has 0 bridgehead atoms. The van der Waals surface area contributed by atoms with Crippen molar-refractivity contribution in [1.29, 1.82) is 0 Å². The Morgan fingerprint density at radius 1 is 1.64 bits per heavy atom. The van der Waals surface area contributed by atoms with Crippen LogP contribution in [0.3, 0.4) is 0 Å². The van der Waals surface area contributed by atoms with Crippen molar-refractivity contribution < 1.29 is 5.11 Å². The van der Waals surface area contributed by atoms with E-state index in [0.717, 1.165) is 6.42 Å². The summed E-state index contributed by atoms with van der Waals surface area (Å²) in [5.74, 6) is 0.616. The molecule has 0 radical (unpaired) electrons. The summed E-state index contributed by atoms with van der Waals surface area (Å²) < 4.78 is 0. The van der Waals surface area contributed by atoms with Crippen LogP contribution >= 0.6 is 11.6 Å². The number of nitrogens with one attached hydrogen (secondary N) is 1. The van der Waals surface area contributed by atoms with Gasteiger partial charge in [0.25, 0.3) is 0 Å². The first-order valence-electron chi connectivity index (χ1n) is 4.61. The largest absolute Gasteiger partial charge is 0.393 e. The van der Waals surface area contributed by atoms with Gasteiger partial charge in [0, 0.05) is 6.54 Å². The summed E-state index contributed by atoms with van der Waals surface area (Å²) in [7, 11) is 0. The highest BCUT2D eigenvalue weighted by molar-refractivity contribution is 6.32. The third-order valence-corrected chi connectivity index (χ3v) is 2.19. The molecule has 0 aliphatic heterocycles. The molecule has 1 atom stereocenters. The number of aliphatic hydroxyl groups excluding tert-OH is 1. The van der Waals surface area contributed by atoms with E-state index in [-0.39, 0.29) is 6.10 Å². The van der Waals surface area contributed by atoms with Gasteiger partial charge in [-0.25, -0.2) is 9.97 Å². The van der Waals surface area contributed by atoms with Crippen LogP contribution < -0.4 is 5.32 Å². The molecule has 5 heteroatoms. The maximum atomic E-state index is 9.30. The van der Waals surface area contributed by atoms with Gasteiger partial charge in [-0.1, -0.05) is 18.5 Å². The first-order chi connectivity index (χ1) is 6.74. The Labute approximate surface area is 88.3 Å². The molecule has 4 nitrogen and oxygen atoms in total. The van der Waals surface area contributed by atoms with Gasteiger partial charge >= 0.3 is 0 Å². The lowest BCUT2D eigenvalue weighted by Crippen LogP contribution is -2.13. The second-order valence-corrected chi connectivity index (χ2v) is 3.40. The van der Waals surface area contributed by atoms with Gasteiger partial charge in [-0.15, -0.1) is 0 Å². The summed E-state index contributed by atoms with van der Waals surface area (Å²) >= 11 is 5.82. The Kier molecular flexibility index (Phi) is 4.62. The van der Waals surface area contributed by atoms with Gasteiger partial charge in [-0.2, -0.15) is 0 Å². The molecule has 0 saturated heterocycles. The van der Waals surface area contributed by atoms with Crippen molar-refractivity contribution in [3.8, 4) is 0 Å². The van der Waals surface area contributed by atoms with E-state index in [0.29, 0.717) is 23.8 Å². The summed E-state index contributed by atoms with van der Waals surface area (Å²) in [5, 5.41) is 12.8. The van der Waals surface area contributed by atoms with Crippen LogP contribution in [-0.4, -0.2) is 27.7 Å². The molecule has 78 valence electrons. The molecule has 2 N–H and O–H groups in total. The molecule has 0 aliphatic carbocycles. The zero-order chi connectivity index (χ0) is 10.4. The number of rotatable bonds is 5. The molecule has 1 aromatic heterocycles. The van der Waals surface area contributed by atoms with Gasteiger partial charge in [0.05, 0.1) is 12.3 Å². The van der Waals surface area contributed by atoms with Crippen molar-refractivity contribution in [2.24, 2.45) is 0 Å². The highest BCUT2D eigenvalue weighted by atomic mass is 35.5. The van der Waals surface area contributed by atoms with E-state index < -0.39 is 0 Å². The Bertz CT molecular complexity index is 283. The zero-order valence-corrected chi connectivity index (χ0v) is 8.83. The predicted molar refractivity (Wildman–Crippen MR) is 56.4 cm³/mol. The summed E-state index contributed by atoms with van der Waals surface area (Å²) in [4.78, 5) is 7.74. The molecule has 0 amide bonds. The molecule has 0 aromatic carbocycles. The van der Waals surface area contributed by atoms with E-state index in [4.69, 9.17) is 11.6 Å². The van der Waals surface area contributed by atoms with Crippen LogP contribution in [0.5, 0.6) is 0 Å². The summed E-state index contributed by atoms with van der Waals surface area (Å²) in [6.45, 7) is 2.61. The van der Waals surface area contributed by atoms with Crippen molar-refractivity contribution >= 4 is 17.4 Å². The fourth-order valence-corrected chi connectivity index (χ4v) is 1.18. The van der Waals surface area contributed by atoms with Gasteiger partial charge in [0.15, 0.2) is 0 Å². The van der Waals surface area contributed by atoms with E-state index in [2.05, 4.69) is 15.3 Å². The maximum absolute atomic E-state index is 9.30. The Morgan fingerprint density at radius 2 is 2.43 bits per heavy atom. The van der Waals surface area contributed by atoms with Crippen LogP contribution in [0.4, 0.5) is 5.82 Å². The van der Waals surface area contributed by atoms with Crippen molar-refractivity contribution in [2.75, 3.05) is 11.9 Å². The number of halogens is 1. The van der Waals surface area contributed by atoms with Gasteiger partial charge < -0.3 is 10.4 Å². The minimum Gasteiger partial charge on any atom is -0.393 e. The smallest absolute Gasteiger partial charge is 0.148 e. The number of hydrogen-bond donors (Lipinski definition) is 2.